The smallest absolute Gasteiger partial charge is 0.257 e. The highest BCUT2D eigenvalue weighted by atomic mass is 32.1. The molecule has 2 heterocycles. The monoisotopic (exact) mass is 290 g/mol. The maximum atomic E-state index is 12.6. The summed E-state index contributed by atoms with van der Waals surface area (Å²) in [6.45, 7) is 5.00. The number of thiocarbonyl (C=S) groups is 1. The molecule has 0 saturated carbocycles. The molecule has 1 atom stereocenters. The lowest BCUT2D eigenvalue weighted by Crippen LogP contribution is -2.38. The van der Waals surface area contributed by atoms with E-state index in [4.69, 9.17) is 18.0 Å². The zero-order chi connectivity index (χ0) is 14.7. The molecule has 0 bridgehead atoms. The summed E-state index contributed by atoms with van der Waals surface area (Å²) < 4.78 is 1.69. The van der Waals surface area contributed by atoms with E-state index in [0.717, 1.165) is 5.52 Å². The van der Waals surface area contributed by atoms with Crippen LogP contribution in [0.15, 0.2) is 30.6 Å². The highest BCUT2D eigenvalue weighted by Crippen LogP contribution is 2.14. The van der Waals surface area contributed by atoms with Crippen LogP contribution in [0.1, 0.15) is 24.2 Å². The van der Waals surface area contributed by atoms with E-state index in [2.05, 4.69) is 5.10 Å². The Morgan fingerprint density at radius 3 is 2.95 bits per heavy atom. The second-order valence-corrected chi connectivity index (χ2v) is 5.21. The SMILES string of the molecule is CCN(CC(C)C(N)=S)C(=O)c1cnn2ccccc12. The number of nitrogens with zero attached hydrogens (tertiary/aromatic N) is 3. The van der Waals surface area contributed by atoms with Gasteiger partial charge in [0.2, 0.25) is 0 Å². The number of fused-ring (bicyclic) bond motifs is 1. The van der Waals surface area contributed by atoms with Crippen LogP contribution >= 0.6 is 12.2 Å². The number of hydrogen-bond donors (Lipinski definition) is 1. The van der Waals surface area contributed by atoms with Gasteiger partial charge in [-0.1, -0.05) is 25.2 Å². The van der Waals surface area contributed by atoms with Crippen LogP contribution in [0.2, 0.25) is 0 Å². The van der Waals surface area contributed by atoms with Crippen molar-refractivity contribution in [2.45, 2.75) is 13.8 Å². The van der Waals surface area contributed by atoms with E-state index < -0.39 is 0 Å². The number of pyridine rings is 1. The fourth-order valence-corrected chi connectivity index (χ4v) is 2.12. The van der Waals surface area contributed by atoms with Gasteiger partial charge in [-0.05, 0) is 19.1 Å². The molecule has 0 aliphatic rings. The number of hydrogen-bond acceptors (Lipinski definition) is 3. The number of nitrogens with two attached hydrogens (primary N) is 1. The minimum Gasteiger partial charge on any atom is -0.393 e. The first-order valence-electron chi connectivity index (χ1n) is 6.55. The molecule has 2 rings (SSSR count). The molecule has 1 unspecified atom stereocenters. The second-order valence-electron chi connectivity index (χ2n) is 4.74. The Labute approximate surface area is 123 Å². The van der Waals surface area contributed by atoms with Gasteiger partial charge in [-0.15, -0.1) is 0 Å². The molecule has 5 nitrogen and oxygen atoms in total. The van der Waals surface area contributed by atoms with Crippen LogP contribution in [0.5, 0.6) is 0 Å². The van der Waals surface area contributed by atoms with Gasteiger partial charge in [-0.25, -0.2) is 4.52 Å². The van der Waals surface area contributed by atoms with Crippen LogP contribution in [-0.2, 0) is 0 Å². The van der Waals surface area contributed by atoms with E-state index in [1.165, 1.54) is 0 Å². The zero-order valence-electron chi connectivity index (χ0n) is 11.6. The van der Waals surface area contributed by atoms with Crippen molar-refractivity contribution in [3.63, 3.8) is 0 Å². The summed E-state index contributed by atoms with van der Waals surface area (Å²) in [7, 11) is 0. The van der Waals surface area contributed by atoms with Gasteiger partial charge in [0.25, 0.3) is 5.91 Å². The molecule has 0 radical (unpaired) electrons. The summed E-state index contributed by atoms with van der Waals surface area (Å²) in [5.41, 5.74) is 7.03. The second kappa shape index (κ2) is 6.00. The van der Waals surface area contributed by atoms with Gasteiger partial charge in [0, 0.05) is 25.2 Å². The van der Waals surface area contributed by atoms with E-state index >= 15 is 0 Å². The minimum atomic E-state index is -0.0446. The van der Waals surface area contributed by atoms with Crippen LogP contribution in [-0.4, -0.2) is 38.5 Å². The van der Waals surface area contributed by atoms with Gasteiger partial charge in [0.05, 0.1) is 22.3 Å². The summed E-state index contributed by atoms with van der Waals surface area (Å²) in [5, 5.41) is 4.19. The van der Waals surface area contributed by atoms with Crippen molar-refractivity contribution >= 4 is 28.6 Å². The molecule has 1 amide bonds. The Balaban J connectivity index is 2.26. The third-order valence-electron chi connectivity index (χ3n) is 3.31. The van der Waals surface area contributed by atoms with E-state index in [1.54, 1.807) is 15.6 Å². The maximum absolute atomic E-state index is 12.6. The molecule has 0 aliphatic heterocycles. The van der Waals surface area contributed by atoms with Crippen molar-refractivity contribution in [2.24, 2.45) is 11.7 Å². The van der Waals surface area contributed by atoms with Crippen molar-refractivity contribution in [1.82, 2.24) is 14.5 Å². The molecule has 106 valence electrons. The van der Waals surface area contributed by atoms with Crippen molar-refractivity contribution < 1.29 is 4.79 Å². The van der Waals surface area contributed by atoms with E-state index in [-0.39, 0.29) is 11.8 Å². The average Bonchev–Trinajstić information content (AvgIpc) is 2.87. The summed E-state index contributed by atoms with van der Waals surface area (Å²) >= 11 is 4.97. The Bertz CT molecular complexity index is 637. The molecule has 0 aliphatic carbocycles. The van der Waals surface area contributed by atoms with Crippen molar-refractivity contribution in [1.29, 1.82) is 0 Å². The molecule has 0 fully saturated rings. The number of aromatic nitrogens is 2. The minimum absolute atomic E-state index is 0.00395. The molecular formula is C14H18N4OS. The van der Waals surface area contributed by atoms with Crippen LogP contribution < -0.4 is 5.73 Å². The Hall–Kier alpha value is -1.95. The summed E-state index contributed by atoms with van der Waals surface area (Å²) in [6, 6.07) is 5.65. The van der Waals surface area contributed by atoms with Gasteiger partial charge in [-0.3, -0.25) is 4.79 Å². The quantitative estimate of drug-likeness (QED) is 0.852. The van der Waals surface area contributed by atoms with Crippen molar-refractivity contribution in [3.05, 3.63) is 36.2 Å². The van der Waals surface area contributed by atoms with E-state index in [9.17, 15) is 4.79 Å². The van der Waals surface area contributed by atoms with Crippen LogP contribution in [0.25, 0.3) is 5.52 Å². The van der Waals surface area contributed by atoms with Gasteiger partial charge in [-0.2, -0.15) is 5.10 Å². The zero-order valence-corrected chi connectivity index (χ0v) is 12.4. The molecular weight excluding hydrogens is 272 g/mol. The summed E-state index contributed by atoms with van der Waals surface area (Å²) in [4.78, 5) is 14.8. The van der Waals surface area contributed by atoms with E-state index in [1.807, 2.05) is 38.2 Å². The lowest BCUT2D eigenvalue weighted by Gasteiger charge is -2.23. The van der Waals surface area contributed by atoms with Crippen LogP contribution in [0.4, 0.5) is 0 Å². The number of carbonyl (C=O) groups is 1. The third kappa shape index (κ3) is 2.80. The molecule has 0 spiro atoms. The summed E-state index contributed by atoms with van der Waals surface area (Å²) in [6.07, 6.45) is 3.42. The van der Waals surface area contributed by atoms with E-state index in [0.29, 0.717) is 23.6 Å². The first-order valence-corrected chi connectivity index (χ1v) is 6.96. The Kier molecular flexibility index (Phi) is 4.34. The standard InChI is InChI=1S/C14H18N4OS/c1-3-17(9-10(2)13(15)20)14(19)11-8-16-18-7-5-4-6-12(11)18/h4-8,10H,3,9H2,1-2H3,(H2,15,20). The van der Waals surface area contributed by atoms with Gasteiger partial charge >= 0.3 is 0 Å². The first-order chi connectivity index (χ1) is 9.54. The number of amides is 1. The Morgan fingerprint density at radius 1 is 1.55 bits per heavy atom. The molecule has 2 aromatic rings. The number of rotatable bonds is 5. The normalized spacial score (nSPS) is 12.3. The summed E-state index contributed by atoms with van der Waals surface area (Å²) in [5.74, 6) is -0.0486. The molecule has 2 aromatic heterocycles. The van der Waals surface area contributed by atoms with Crippen LogP contribution in [0.3, 0.4) is 0 Å². The topological polar surface area (TPSA) is 63.6 Å². The van der Waals surface area contributed by atoms with Crippen LogP contribution in [0, 0.1) is 5.92 Å². The largest absolute Gasteiger partial charge is 0.393 e. The molecule has 20 heavy (non-hydrogen) atoms. The number of carbonyl (C=O) groups excluding carboxylic acids is 1. The fraction of sp³-hybridized carbons (Fsp3) is 0.357. The third-order valence-corrected chi connectivity index (χ3v) is 3.71. The Morgan fingerprint density at radius 2 is 2.30 bits per heavy atom. The highest BCUT2D eigenvalue weighted by Gasteiger charge is 2.20. The maximum Gasteiger partial charge on any atom is 0.257 e. The average molecular weight is 290 g/mol. The van der Waals surface area contributed by atoms with Crippen molar-refractivity contribution in [3.8, 4) is 0 Å². The molecule has 6 heteroatoms. The molecule has 0 aromatic carbocycles. The van der Waals surface area contributed by atoms with Gasteiger partial charge < -0.3 is 10.6 Å². The fourth-order valence-electron chi connectivity index (χ4n) is 2.05. The predicted octanol–water partition coefficient (Wildman–Crippen LogP) is 1.72. The lowest BCUT2D eigenvalue weighted by atomic mass is 10.1. The first kappa shape index (κ1) is 14.5. The predicted molar refractivity (Wildman–Crippen MR) is 82.7 cm³/mol. The van der Waals surface area contributed by atoms with Crippen molar-refractivity contribution in [2.75, 3.05) is 13.1 Å². The molecule has 2 N–H and O–H groups in total. The highest BCUT2D eigenvalue weighted by molar-refractivity contribution is 7.80. The van der Waals surface area contributed by atoms with Gasteiger partial charge in [0.1, 0.15) is 0 Å². The lowest BCUT2D eigenvalue weighted by molar-refractivity contribution is 0.0757. The van der Waals surface area contributed by atoms with Gasteiger partial charge in [0.15, 0.2) is 0 Å². The molecule has 0 saturated heterocycles.